The first kappa shape index (κ1) is 18.0. The van der Waals surface area contributed by atoms with Gasteiger partial charge in [0, 0.05) is 12.1 Å². The Morgan fingerprint density at radius 1 is 1.04 bits per heavy atom. The van der Waals surface area contributed by atoms with Crippen molar-refractivity contribution in [3.05, 3.63) is 65.2 Å². The van der Waals surface area contributed by atoms with Gasteiger partial charge in [0.1, 0.15) is 5.75 Å². The van der Waals surface area contributed by atoms with Crippen LogP contribution in [-0.4, -0.2) is 24.2 Å². The lowest BCUT2D eigenvalue weighted by molar-refractivity contribution is 0.0916. The summed E-state index contributed by atoms with van der Waals surface area (Å²) in [7, 11) is 0. The van der Waals surface area contributed by atoms with Crippen LogP contribution < -0.4 is 10.1 Å². The highest BCUT2D eigenvalue weighted by molar-refractivity contribution is 5.94. The summed E-state index contributed by atoms with van der Waals surface area (Å²) in [5.41, 5.74) is 2.57. The highest BCUT2D eigenvalue weighted by Crippen LogP contribution is 2.18. The molecule has 4 nitrogen and oxygen atoms in total. The van der Waals surface area contributed by atoms with Gasteiger partial charge in [-0.15, -0.1) is 0 Å². The molecule has 128 valence electrons. The Bertz CT molecular complexity index is 648. The van der Waals surface area contributed by atoms with Crippen LogP contribution in [0.25, 0.3) is 0 Å². The molecule has 0 saturated carbocycles. The van der Waals surface area contributed by atoms with Crippen molar-refractivity contribution in [3.8, 4) is 5.75 Å². The molecule has 0 heterocycles. The Morgan fingerprint density at radius 3 is 2.17 bits per heavy atom. The smallest absolute Gasteiger partial charge is 0.251 e. The Kier molecular flexibility index (Phi) is 6.38. The number of aliphatic hydroxyl groups is 1. The van der Waals surface area contributed by atoms with Crippen LogP contribution in [0.2, 0.25) is 0 Å². The third-order valence-electron chi connectivity index (χ3n) is 3.87. The number of rotatable bonds is 7. The first-order valence-electron chi connectivity index (χ1n) is 8.30. The number of carbonyl (C=O) groups excluding carboxylic acids is 1. The zero-order valence-corrected chi connectivity index (χ0v) is 14.5. The van der Waals surface area contributed by atoms with Gasteiger partial charge in [-0.1, -0.05) is 38.1 Å². The third kappa shape index (κ3) is 4.83. The number of carbonyl (C=O) groups is 1. The van der Waals surface area contributed by atoms with Gasteiger partial charge >= 0.3 is 0 Å². The molecule has 0 aliphatic rings. The van der Waals surface area contributed by atoms with Crippen LogP contribution in [0.3, 0.4) is 0 Å². The predicted molar refractivity (Wildman–Crippen MR) is 95.4 cm³/mol. The molecule has 2 rings (SSSR count). The van der Waals surface area contributed by atoms with Gasteiger partial charge in [-0.2, -0.15) is 0 Å². The van der Waals surface area contributed by atoms with Crippen LogP contribution in [0.4, 0.5) is 0 Å². The second-order valence-electron chi connectivity index (χ2n) is 6.00. The van der Waals surface area contributed by atoms with Gasteiger partial charge in [0.05, 0.1) is 12.7 Å². The van der Waals surface area contributed by atoms with Gasteiger partial charge in [0.2, 0.25) is 0 Å². The normalized spacial score (nSPS) is 12.0. The number of nitrogens with one attached hydrogen (secondary N) is 1. The molecule has 0 aromatic heterocycles. The summed E-state index contributed by atoms with van der Waals surface area (Å²) < 4.78 is 5.35. The lowest BCUT2D eigenvalue weighted by atomic mass is 10.00. The van der Waals surface area contributed by atoms with Gasteiger partial charge in [-0.05, 0) is 48.2 Å². The maximum Gasteiger partial charge on any atom is 0.251 e. The molecule has 1 amide bonds. The van der Waals surface area contributed by atoms with E-state index in [9.17, 15) is 9.90 Å². The van der Waals surface area contributed by atoms with Crippen molar-refractivity contribution in [3.63, 3.8) is 0 Å². The molecule has 4 heteroatoms. The number of benzene rings is 2. The minimum Gasteiger partial charge on any atom is -0.494 e. The summed E-state index contributed by atoms with van der Waals surface area (Å²) >= 11 is 0. The fourth-order valence-electron chi connectivity index (χ4n) is 2.38. The van der Waals surface area contributed by atoms with Crippen molar-refractivity contribution < 1.29 is 14.6 Å². The molecule has 1 unspecified atom stereocenters. The molecule has 24 heavy (non-hydrogen) atoms. The molecular weight excluding hydrogens is 302 g/mol. The Morgan fingerprint density at radius 2 is 1.62 bits per heavy atom. The van der Waals surface area contributed by atoms with Crippen molar-refractivity contribution in [1.82, 2.24) is 5.32 Å². The Hall–Kier alpha value is -2.33. The van der Waals surface area contributed by atoms with Crippen molar-refractivity contribution in [2.24, 2.45) is 0 Å². The van der Waals surface area contributed by atoms with Gasteiger partial charge < -0.3 is 15.2 Å². The minimum atomic E-state index is -0.724. The largest absolute Gasteiger partial charge is 0.494 e. The molecule has 2 aromatic carbocycles. The monoisotopic (exact) mass is 327 g/mol. The SMILES string of the molecule is CCOc1ccc(C(=O)NCC(O)c2ccc(C(C)C)cc2)cc1. The molecule has 2 aromatic rings. The molecule has 0 fully saturated rings. The van der Waals surface area contributed by atoms with E-state index in [1.54, 1.807) is 24.3 Å². The second kappa shape index (κ2) is 8.50. The summed E-state index contributed by atoms with van der Waals surface area (Å²) in [6, 6.07) is 14.8. The Labute approximate surface area is 143 Å². The fraction of sp³-hybridized carbons (Fsp3) is 0.350. The van der Waals surface area contributed by atoms with Crippen LogP contribution in [0.15, 0.2) is 48.5 Å². The number of hydrogen-bond donors (Lipinski definition) is 2. The van der Waals surface area contributed by atoms with Crippen LogP contribution in [0.1, 0.15) is 54.3 Å². The lowest BCUT2D eigenvalue weighted by Gasteiger charge is -2.14. The van der Waals surface area contributed by atoms with E-state index in [1.807, 2.05) is 31.2 Å². The summed E-state index contributed by atoms with van der Waals surface area (Å²) in [4.78, 5) is 12.1. The van der Waals surface area contributed by atoms with E-state index >= 15 is 0 Å². The number of amides is 1. The number of hydrogen-bond acceptors (Lipinski definition) is 3. The first-order chi connectivity index (χ1) is 11.5. The second-order valence-corrected chi connectivity index (χ2v) is 6.00. The minimum absolute atomic E-state index is 0.174. The molecule has 0 bridgehead atoms. The van der Waals surface area contributed by atoms with E-state index < -0.39 is 6.10 Å². The third-order valence-corrected chi connectivity index (χ3v) is 3.87. The maximum atomic E-state index is 12.1. The quantitative estimate of drug-likeness (QED) is 0.816. The van der Waals surface area contributed by atoms with E-state index in [4.69, 9.17) is 4.74 Å². The molecular formula is C20H25NO3. The van der Waals surface area contributed by atoms with Crippen molar-refractivity contribution >= 4 is 5.91 Å². The average Bonchev–Trinajstić information content (AvgIpc) is 2.60. The zero-order valence-electron chi connectivity index (χ0n) is 14.5. The van der Waals surface area contributed by atoms with E-state index in [-0.39, 0.29) is 12.5 Å². The topological polar surface area (TPSA) is 58.6 Å². The van der Waals surface area contributed by atoms with E-state index in [0.717, 1.165) is 11.3 Å². The molecule has 0 aliphatic heterocycles. The van der Waals surface area contributed by atoms with Crippen LogP contribution in [0, 0.1) is 0 Å². The highest BCUT2D eigenvalue weighted by atomic mass is 16.5. The summed E-state index contributed by atoms with van der Waals surface area (Å²) in [6.45, 7) is 6.93. The Balaban J connectivity index is 1.90. The molecule has 0 radical (unpaired) electrons. The lowest BCUT2D eigenvalue weighted by Crippen LogP contribution is -2.28. The van der Waals surface area contributed by atoms with Crippen LogP contribution in [-0.2, 0) is 0 Å². The summed E-state index contributed by atoms with van der Waals surface area (Å²) in [5, 5.41) is 13.0. The number of aliphatic hydroxyl groups excluding tert-OH is 1. The molecule has 2 N–H and O–H groups in total. The van der Waals surface area contributed by atoms with E-state index in [1.165, 1.54) is 5.56 Å². The molecule has 0 aliphatic carbocycles. The first-order valence-corrected chi connectivity index (χ1v) is 8.30. The molecule has 1 atom stereocenters. The maximum absolute atomic E-state index is 12.1. The summed E-state index contributed by atoms with van der Waals surface area (Å²) in [6.07, 6.45) is -0.724. The van der Waals surface area contributed by atoms with Crippen molar-refractivity contribution in [2.75, 3.05) is 13.2 Å². The highest BCUT2D eigenvalue weighted by Gasteiger charge is 2.11. The summed E-state index contributed by atoms with van der Waals surface area (Å²) in [5.74, 6) is 0.978. The predicted octanol–water partition coefficient (Wildman–Crippen LogP) is 3.67. The van der Waals surface area contributed by atoms with Crippen molar-refractivity contribution in [1.29, 1.82) is 0 Å². The fourth-order valence-corrected chi connectivity index (χ4v) is 2.38. The molecule has 0 spiro atoms. The van der Waals surface area contributed by atoms with Gasteiger partial charge in [0.15, 0.2) is 0 Å². The van der Waals surface area contributed by atoms with Crippen LogP contribution in [0.5, 0.6) is 5.75 Å². The van der Waals surface area contributed by atoms with Gasteiger partial charge in [0.25, 0.3) is 5.91 Å². The van der Waals surface area contributed by atoms with Crippen LogP contribution >= 0.6 is 0 Å². The average molecular weight is 327 g/mol. The zero-order chi connectivity index (χ0) is 17.5. The van der Waals surface area contributed by atoms with Crippen molar-refractivity contribution in [2.45, 2.75) is 32.8 Å². The number of ether oxygens (including phenoxy) is 1. The van der Waals surface area contributed by atoms with Gasteiger partial charge in [-0.25, -0.2) is 0 Å². The van der Waals surface area contributed by atoms with E-state index in [2.05, 4.69) is 19.2 Å². The standard InChI is InChI=1S/C20H25NO3/c1-4-24-18-11-9-17(10-12-18)20(23)21-13-19(22)16-7-5-15(6-8-16)14(2)3/h5-12,14,19,22H,4,13H2,1-3H3,(H,21,23). The van der Waals surface area contributed by atoms with Gasteiger partial charge in [-0.3, -0.25) is 4.79 Å². The molecule has 0 saturated heterocycles. The van der Waals surface area contributed by atoms with E-state index in [0.29, 0.717) is 18.1 Å².